The Kier molecular flexibility index (Phi) is 7.39. The Morgan fingerprint density at radius 1 is 1.19 bits per heavy atom. The maximum absolute atomic E-state index is 15.1. The van der Waals surface area contributed by atoms with Crippen molar-refractivity contribution in [2.75, 3.05) is 0 Å². The molecule has 1 aliphatic heterocycles. The van der Waals surface area contributed by atoms with Crippen LogP contribution in [0.5, 0.6) is 0 Å². The first-order valence-corrected chi connectivity index (χ1v) is 11.1. The summed E-state index contributed by atoms with van der Waals surface area (Å²) in [5.74, 6) is -3.04. The minimum absolute atomic E-state index is 0.119. The second-order valence-corrected chi connectivity index (χ2v) is 11.7. The van der Waals surface area contributed by atoms with Gasteiger partial charge in [0.25, 0.3) is 0 Å². The van der Waals surface area contributed by atoms with Crippen LogP contribution in [0.4, 0.5) is 17.6 Å². The summed E-state index contributed by atoms with van der Waals surface area (Å²) in [6, 6.07) is 0.184. The van der Waals surface area contributed by atoms with Crippen LogP contribution in [0.3, 0.4) is 0 Å². The number of carbonyl (C=O) groups is 1. The monoisotopic (exact) mass is 481 g/mol. The third-order valence-electron chi connectivity index (χ3n) is 5.51. The highest BCUT2D eigenvalue weighted by molar-refractivity contribution is 7.90. The van der Waals surface area contributed by atoms with Crippen molar-refractivity contribution in [2.24, 2.45) is 0 Å². The molecule has 32 heavy (non-hydrogen) atoms. The largest absolute Gasteiger partial charge is 0.598 e. The summed E-state index contributed by atoms with van der Waals surface area (Å²) in [6.45, 7) is 11.6. The fraction of sp³-hybridized carbons (Fsp3) is 0.650. The van der Waals surface area contributed by atoms with E-state index in [9.17, 15) is 27.6 Å². The van der Waals surface area contributed by atoms with Crippen molar-refractivity contribution in [2.45, 2.75) is 83.1 Å². The van der Waals surface area contributed by atoms with Crippen LogP contribution < -0.4 is 10.2 Å². The molecule has 0 bridgehead atoms. The van der Waals surface area contributed by atoms with Gasteiger partial charge in [0.15, 0.2) is 0 Å². The van der Waals surface area contributed by atoms with Crippen molar-refractivity contribution in [1.29, 1.82) is 0 Å². The average Bonchev–Trinajstić information content (AvgIpc) is 2.79. The van der Waals surface area contributed by atoms with Gasteiger partial charge in [-0.3, -0.25) is 4.79 Å². The van der Waals surface area contributed by atoms with Gasteiger partial charge in [0, 0.05) is 16.9 Å². The van der Waals surface area contributed by atoms with Crippen molar-refractivity contribution < 1.29 is 41.3 Å². The van der Waals surface area contributed by atoms with E-state index in [1.807, 2.05) is 0 Å². The van der Waals surface area contributed by atoms with Crippen LogP contribution in [-0.2, 0) is 31.6 Å². The molecule has 0 radical (unpaired) electrons. The molecule has 1 saturated heterocycles. The molecule has 1 aromatic carbocycles. The van der Waals surface area contributed by atoms with Crippen LogP contribution in [0.2, 0.25) is 0 Å². The molecule has 1 heterocycles. The quantitative estimate of drug-likeness (QED) is 0.366. The van der Waals surface area contributed by atoms with E-state index in [0.29, 0.717) is 6.07 Å². The van der Waals surface area contributed by atoms with Gasteiger partial charge < -0.3 is 19.0 Å². The predicted molar refractivity (Wildman–Crippen MR) is 113 cm³/mol. The van der Waals surface area contributed by atoms with Gasteiger partial charge in [-0.2, -0.15) is 13.2 Å². The van der Waals surface area contributed by atoms with Crippen LogP contribution in [0.1, 0.15) is 72.1 Å². The lowest BCUT2D eigenvalue weighted by molar-refractivity contribution is -0.140. The molecule has 1 aromatic rings. The van der Waals surface area contributed by atoms with E-state index in [4.69, 9.17) is 9.31 Å². The highest BCUT2D eigenvalue weighted by atomic mass is 32.2. The van der Waals surface area contributed by atoms with Gasteiger partial charge >= 0.3 is 19.3 Å². The first-order chi connectivity index (χ1) is 14.3. The van der Waals surface area contributed by atoms with E-state index in [1.54, 1.807) is 48.5 Å². The number of carboxylic acids is 1. The number of rotatable bonds is 6. The first kappa shape index (κ1) is 26.9. The highest BCUT2D eigenvalue weighted by Crippen LogP contribution is 2.39. The van der Waals surface area contributed by atoms with Gasteiger partial charge in [-0.1, -0.05) is 6.07 Å². The Balaban J connectivity index is 2.64. The van der Waals surface area contributed by atoms with Gasteiger partial charge in [0.2, 0.25) is 0 Å². The summed E-state index contributed by atoms with van der Waals surface area (Å²) in [5, 5.41) is 9.27. The van der Waals surface area contributed by atoms with Crippen LogP contribution >= 0.6 is 0 Å². The van der Waals surface area contributed by atoms with E-state index < -0.39 is 76.0 Å². The van der Waals surface area contributed by atoms with Crippen LogP contribution in [0.15, 0.2) is 12.1 Å². The molecule has 2 N–H and O–H groups in total. The fourth-order valence-corrected chi connectivity index (χ4v) is 3.76. The summed E-state index contributed by atoms with van der Waals surface area (Å²) in [7, 11) is -1.24. The van der Waals surface area contributed by atoms with E-state index in [-0.39, 0.29) is 5.46 Å². The molecular weight excluding hydrogens is 453 g/mol. The standard InChI is InChI=1S/C20H28BF4NO5S/c1-17(2,3)32(29)26-14(10-15(27)28)12-8-11(9-13(16(12)22)20(23,24)25)21-30-18(4,5)19(6,7)31-21/h8-9,14,26H,10H2,1-7H3,(H,27,28)/t14-,32?/m0/s1. The van der Waals surface area contributed by atoms with E-state index in [1.165, 1.54) is 0 Å². The summed E-state index contributed by atoms with van der Waals surface area (Å²) in [6.07, 6.45) is -5.85. The molecule has 2 atom stereocenters. The Morgan fingerprint density at radius 3 is 2.09 bits per heavy atom. The topological polar surface area (TPSA) is 90.9 Å². The van der Waals surface area contributed by atoms with Crippen molar-refractivity contribution >= 4 is 29.9 Å². The Labute approximate surface area is 188 Å². The number of nitrogens with one attached hydrogen (secondary N) is 1. The Bertz CT molecular complexity index is 857. The zero-order chi connectivity index (χ0) is 24.9. The maximum Gasteiger partial charge on any atom is 0.494 e. The number of alkyl halides is 3. The second kappa shape index (κ2) is 8.79. The first-order valence-electron chi connectivity index (χ1n) is 9.92. The molecular formula is C20H28BF4NO5S. The van der Waals surface area contributed by atoms with Crippen molar-refractivity contribution in [3.63, 3.8) is 0 Å². The summed E-state index contributed by atoms with van der Waals surface area (Å²) >= 11 is -1.88. The third-order valence-corrected chi connectivity index (χ3v) is 7.12. The minimum Gasteiger partial charge on any atom is -0.598 e. The molecule has 0 aromatic heterocycles. The average molecular weight is 481 g/mol. The van der Waals surface area contributed by atoms with Crippen LogP contribution in [-0.4, -0.2) is 38.7 Å². The number of hydrogen-bond donors (Lipinski definition) is 2. The lowest BCUT2D eigenvalue weighted by atomic mass is 9.76. The molecule has 0 spiro atoms. The normalized spacial score (nSPS) is 20.3. The SMILES string of the molecule is CC(C)(C)[S+]([O-])N[C@@H](CC(=O)O)c1cc(B2OC(C)(C)C(C)(C)O2)cc(C(F)(F)F)c1F. The van der Waals surface area contributed by atoms with Crippen LogP contribution in [0, 0.1) is 5.82 Å². The summed E-state index contributed by atoms with van der Waals surface area (Å²) < 4.78 is 81.8. The molecule has 0 aliphatic carbocycles. The Morgan fingerprint density at radius 2 is 1.69 bits per heavy atom. The molecule has 1 unspecified atom stereocenters. The molecule has 12 heteroatoms. The molecule has 2 rings (SSSR count). The number of aliphatic carboxylic acids is 1. The smallest absolute Gasteiger partial charge is 0.494 e. The predicted octanol–water partition coefficient (Wildman–Crippen LogP) is 3.71. The number of halogens is 4. The van der Waals surface area contributed by atoms with Gasteiger partial charge in [-0.05, 0) is 60.0 Å². The Hall–Kier alpha value is -1.34. The van der Waals surface area contributed by atoms with Crippen molar-refractivity contribution in [3.8, 4) is 0 Å². The number of benzene rings is 1. The zero-order valence-electron chi connectivity index (χ0n) is 19.0. The zero-order valence-corrected chi connectivity index (χ0v) is 19.8. The lowest BCUT2D eigenvalue weighted by Crippen LogP contribution is -2.43. The minimum atomic E-state index is -5.06. The molecule has 0 saturated carbocycles. The van der Waals surface area contributed by atoms with Crippen LogP contribution in [0.25, 0.3) is 0 Å². The maximum atomic E-state index is 15.1. The molecule has 1 aliphatic rings. The molecule has 1 fully saturated rings. The summed E-state index contributed by atoms with van der Waals surface area (Å²) in [4.78, 5) is 11.4. The third kappa shape index (κ3) is 5.77. The van der Waals surface area contributed by atoms with E-state index in [2.05, 4.69) is 4.72 Å². The molecule has 0 amide bonds. The van der Waals surface area contributed by atoms with Crippen molar-refractivity contribution in [3.05, 3.63) is 29.1 Å². The van der Waals surface area contributed by atoms with Gasteiger partial charge in [-0.15, -0.1) is 4.72 Å². The lowest BCUT2D eigenvalue weighted by Gasteiger charge is -2.32. The van der Waals surface area contributed by atoms with Gasteiger partial charge in [-0.25, -0.2) is 4.39 Å². The number of hydrogen-bond acceptors (Lipinski definition) is 5. The van der Waals surface area contributed by atoms with E-state index in [0.717, 1.165) is 6.07 Å². The summed E-state index contributed by atoms with van der Waals surface area (Å²) in [5.41, 5.74) is -4.01. The van der Waals surface area contributed by atoms with E-state index >= 15 is 4.39 Å². The molecule has 6 nitrogen and oxygen atoms in total. The highest BCUT2D eigenvalue weighted by Gasteiger charge is 2.52. The van der Waals surface area contributed by atoms with Crippen molar-refractivity contribution in [1.82, 2.24) is 4.72 Å². The molecule has 180 valence electrons. The number of carboxylic acid groups (broad SMARTS) is 1. The van der Waals surface area contributed by atoms with Gasteiger partial charge in [0.1, 0.15) is 10.6 Å². The second-order valence-electron chi connectivity index (χ2n) is 9.71. The van der Waals surface area contributed by atoms with Gasteiger partial charge in [0.05, 0.1) is 29.2 Å². The fourth-order valence-electron chi connectivity index (χ4n) is 2.94.